The summed E-state index contributed by atoms with van der Waals surface area (Å²) in [6.07, 6.45) is 7.92. The first-order chi connectivity index (χ1) is 16.5. The molecule has 34 heavy (non-hydrogen) atoms. The maximum atomic E-state index is 11.5. The fourth-order valence-corrected chi connectivity index (χ4v) is 4.18. The molecule has 1 saturated carbocycles. The fourth-order valence-electron chi connectivity index (χ4n) is 4.18. The van der Waals surface area contributed by atoms with Crippen LogP contribution in [0.1, 0.15) is 66.4 Å². The van der Waals surface area contributed by atoms with Crippen LogP contribution >= 0.6 is 0 Å². The maximum absolute atomic E-state index is 11.5. The van der Waals surface area contributed by atoms with E-state index in [-0.39, 0.29) is 12.3 Å². The Kier molecular flexibility index (Phi) is 12.0. The molecule has 184 valence electrons. The van der Waals surface area contributed by atoms with Crippen molar-refractivity contribution in [1.29, 1.82) is 0 Å². The van der Waals surface area contributed by atoms with E-state index in [1.54, 1.807) is 13.1 Å². The minimum atomic E-state index is -0.415. The Labute approximate surface area is 202 Å². The van der Waals surface area contributed by atoms with Crippen LogP contribution in [0.3, 0.4) is 0 Å². The molecular formula is C26H36N4O4. The molecule has 0 heterocycles. The number of carbonyl (C=O) groups excluding carboxylic acids is 4. The van der Waals surface area contributed by atoms with Gasteiger partial charge in [0.15, 0.2) is 0 Å². The van der Waals surface area contributed by atoms with E-state index in [0.717, 1.165) is 62.3 Å². The molecule has 0 spiro atoms. The summed E-state index contributed by atoms with van der Waals surface area (Å²) in [7, 11) is 3.38. The molecular weight excluding hydrogens is 432 g/mol. The lowest BCUT2D eigenvalue weighted by molar-refractivity contribution is -0.121. The van der Waals surface area contributed by atoms with Crippen molar-refractivity contribution in [1.82, 2.24) is 20.9 Å². The average Bonchev–Trinajstić information content (AvgIpc) is 2.85. The molecule has 0 radical (unpaired) electrons. The summed E-state index contributed by atoms with van der Waals surface area (Å²) >= 11 is 0. The first-order valence-electron chi connectivity index (χ1n) is 11.9. The molecule has 1 fully saturated rings. The monoisotopic (exact) mass is 468 g/mol. The van der Waals surface area contributed by atoms with Gasteiger partial charge < -0.3 is 20.7 Å². The lowest BCUT2D eigenvalue weighted by atomic mass is 9.91. The highest BCUT2D eigenvalue weighted by Gasteiger charge is 2.20. The van der Waals surface area contributed by atoms with Gasteiger partial charge in [-0.25, -0.2) is 0 Å². The van der Waals surface area contributed by atoms with Crippen LogP contribution in [0, 0.1) is 11.8 Å². The Balaban J connectivity index is 1.88. The van der Waals surface area contributed by atoms with Crippen molar-refractivity contribution in [2.75, 3.05) is 20.6 Å². The number of rotatable bonds is 13. The van der Waals surface area contributed by atoms with E-state index < -0.39 is 6.04 Å². The van der Waals surface area contributed by atoms with Gasteiger partial charge >= 0.3 is 0 Å². The van der Waals surface area contributed by atoms with Crippen LogP contribution in [0.4, 0.5) is 0 Å². The molecule has 0 aromatic heterocycles. The van der Waals surface area contributed by atoms with E-state index in [9.17, 15) is 19.2 Å². The van der Waals surface area contributed by atoms with E-state index in [0.29, 0.717) is 37.0 Å². The summed E-state index contributed by atoms with van der Waals surface area (Å²) in [5, 5.41) is 8.95. The zero-order chi connectivity index (χ0) is 24.8. The number of hydrogen-bond acceptors (Lipinski definition) is 6. The minimum absolute atomic E-state index is 0.108. The summed E-state index contributed by atoms with van der Waals surface area (Å²) in [6, 6.07) is 5.83. The van der Waals surface area contributed by atoms with E-state index in [1.165, 1.54) is 0 Å². The van der Waals surface area contributed by atoms with Gasteiger partial charge in [0.25, 0.3) is 0 Å². The molecule has 0 aliphatic heterocycles. The molecule has 1 aromatic carbocycles. The van der Waals surface area contributed by atoms with Crippen LogP contribution in [-0.4, -0.2) is 68.6 Å². The molecule has 0 saturated heterocycles. The molecule has 3 N–H and O–H groups in total. The van der Waals surface area contributed by atoms with Gasteiger partial charge in [0.1, 0.15) is 12.6 Å². The SMILES string of the molecule is CNC(=O)CCC(C=O)N(C)Cc1cc(C#CCCNC2CCC(NC=O)CC2)ccc1C=O. The molecule has 1 unspecified atom stereocenters. The molecule has 2 amide bonds. The van der Waals surface area contributed by atoms with E-state index in [2.05, 4.69) is 27.8 Å². The van der Waals surface area contributed by atoms with Crippen LogP contribution < -0.4 is 16.0 Å². The van der Waals surface area contributed by atoms with Gasteiger partial charge in [0, 0.05) is 56.2 Å². The summed E-state index contributed by atoms with van der Waals surface area (Å²) in [5.41, 5.74) is 2.19. The molecule has 1 atom stereocenters. The van der Waals surface area contributed by atoms with Crippen molar-refractivity contribution < 1.29 is 19.2 Å². The van der Waals surface area contributed by atoms with Crippen molar-refractivity contribution in [2.24, 2.45) is 0 Å². The molecule has 1 aliphatic carbocycles. The highest BCUT2D eigenvalue weighted by atomic mass is 16.1. The summed E-state index contributed by atoms with van der Waals surface area (Å²) < 4.78 is 0. The Bertz CT molecular complexity index is 885. The second-order valence-electron chi connectivity index (χ2n) is 8.70. The van der Waals surface area contributed by atoms with Gasteiger partial charge in [-0.3, -0.25) is 19.3 Å². The number of benzene rings is 1. The topological polar surface area (TPSA) is 108 Å². The van der Waals surface area contributed by atoms with Crippen molar-refractivity contribution in [3.05, 3.63) is 34.9 Å². The number of carbonyl (C=O) groups is 4. The van der Waals surface area contributed by atoms with Gasteiger partial charge in [0.2, 0.25) is 12.3 Å². The van der Waals surface area contributed by atoms with Crippen LogP contribution in [0.25, 0.3) is 0 Å². The van der Waals surface area contributed by atoms with Crippen LogP contribution in [0.15, 0.2) is 18.2 Å². The third kappa shape index (κ3) is 9.08. The van der Waals surface area contributed by atoms with Gasteiger partial charge in [-0.15, -0.1) is 0 Å². The van der Waals surface area contributed by atoms with Gasteiger partial charge in [-0.05, 0) is 56.8 Å². The van der Waals surface area contributed by atoms with E-state index >= 15 is 0 Å². The van der Waals surface area contributed by atoms with Crippen molar-refractivity contribution in [3.63, 3.8) is 0 Å². The third-order valence-electron chi connectivity index (χ3n) is 6.31. The molecule has 1 aliphatic rings. The number of nitrogens with zero attached hydrogens (tertiary/aromatic N) is 1. The van der Waals surface area contributed by atoms with E-state index in [4.69, 9.17) is 0 Å². The molecule has 0 bridgehead atoms. The maximum Gasteiger partial charge on any atom is 0.219 e. The Morgan fingerprint density at radius 2 is 1.91 bits per heavy atom. The van der Waals surface area contributed by atoms with Crippen LogP contribution in [-0.2, 0) is 20.9 Å². The fraction of sp³-hybridized carbons (Fsp3) is 0.538. The zero-order valence-electron chi connectivity index (χ0n) is 20.1. The molecule has 8 heteroatoms. The molecule has 2 rings (SSSR count). The normalized spacial score (nSPS) is 18.3. The number of amides is 2. The quantitative estimate of drug-likeness (QED) is 0.230. The van der Waals surface area contributed by atoms with E-state index in [1.807, 2.05) is 24.1 Å². The summed E-state index contributed by atoms with van der Waals surface area (Å²) in [5.74, 6) is 6.25. The lowest BCUT2D eigenvalue weighted by Gasteiger charge is -2.28. The second kappa shape index (κ2) is 15.0. The van der Waals surface area contributed by atoms with Crippen LogP contribution in [0.2, 0.25) is 0 Å². The standard InChI is InChI=1S/C26H36N4O4/c1-27-26(34)13-12-25(18-32)30(2)16-22-15-20(6-7-21(22)17-31)5-3-4-14-28-23-8-10-24(11-9-23)29-19-33/h6-7,15,17-19,23-25,28H,4,8-14,16H2,1-2H3,(H,27,34)(H,29,33). The lowest BCUT2D eigenvalue weighted by Crippen LogP contribution is -2.39. The molecule has 8 nitrogen and oxygen atoms in total. The Hall–Kier alpha value is -3.02. The highest BCUT2D eigenvalue weighted by molar-refractivity contribution is 5.78. The first kappa shape index (κ1) is 27.2. The predicted molar refractivity (Wildman–Crippen MR) is 131 cm³/mol. The largest absolute Gasteiger partial charge is 0.359 e. The van der Waals surface area contributed by atoms with Gasteiger partial charge in [-0.1, -0.05) is 17.9 Å². The van der Waals surface area contributed by atoms with Crippen LogP contribution in [0.5, 0.6) is 0 Å². The van der Waals surface area contributed by atoms with Gasteiger partial charge in [0.05, 0.1) is 6.04 Å². The molecule has 1 aromatic rings. The second-order valence-corrected chi connectivity index (χ2v) is 8.70. The predicted octanol–water partition coefficient (Wildman–Crippen LogP) is 1.41. The number of hydrogen-bond donors (Lipinski definition) is 3. The van der Waals surface area contributed by atoms with Gasteiger partial charge in [-0.2, -0.15) is 0 Å². The van der Waals surface area contributed by atoms with Crippen molar-refractivity contribution in [2.45, 2.75) is 69.6 Å². The summed E-state index contributed by atoms with van der Waals surface area (Å²) in [4.78, 5) is 46.9. The number of likely N-dealkylation sites (N-methyl/N-ethyl adjacent to an activating group) is 1. The first-order valence-corrected chi connectivity index (χ1v) is 11.9. The number of nitrogens with one attached hydrogen (secondary N) is 3. The summed E-state index contributed by atoms with van der Waals surface area (Å²) in [6.45, 7) is 1.21. The Morgan fingerprint density at radius 1 is 1.18 bits per heavy atom. The van der Waals surface area contributed by atoms with Crippen molar-refractivity contribution >= 4 is 24.9 Å². The van der Waals surface area contributed by atoms with Crippen molar-refractivity contribution in [3.8, 4) is 11.8 Å². The number of aldehydes is 2. The average molecular weight is 469 g/mol. The smallest absolute Gasteiger partial charge is 0.219 e. The highest BCUT2D eigenvalue weighted by Crippen LogP contribution is 2.18. The Morgan fingerprint density at radius 3 is 2.56 bits per heavy atom. The minimum Gasteiger partial charge on any atom is -0.359 e. The third-order valence-corrected chi connectivity index (χ3v) is 6.31. The zero-order valence-corrected chi connectivity index (χ0v) is 20.1.